The summed E-state index contributed by atoms with van der Waals surface area (Å²) < 4.78 is 0. The van der Waals surface area contributed by atoms with Crippen LogP contribution in [0.5, 0.6) is 0 Å². The van der Waals surface area contributed by atoms with E-state index in [1.807, 2.05) is 27.9 Å². The van der Waals surface area contributed by atoms with Gasteiger partial charge in [-0.2, -0.15) is 0 Å². The van der Waals surface area contributed by atoms with E-state index >= 15 is 0 Å². The number of hydrogen-bond donors (Lipinski definition) is 0. The van der Waals surface area contributed by atoms with Gasteiger partial charge in [-0.25, -0.2) is 0 Å². The number of halogens is 2. The summed E-state index contributed by atoms with van der Waals surface area (Å²) in [4.78, 5) is 8.68. The molecule has 0 aromatic heterocycles. The van der Waals surface area contributed by atoms with E-state index in [9.17, 15) is 0 Å². The van der Waals surface area contributed by atoms with Gasteiger partial charge in [-0.1, -0.05) is 50.6 Å². The van der Waals surface area contributed by atoms with Crippen molar-refractivity contribution in [1.82, 2.24) is 0 Å². The fourth-order valence-corrected chi connectivity index (χ4v) is 2.25. The van der Waals surface area contributed by atoms with Gasteiger partial charge in [-0.15, -0.1) is 13.2 Å². The molecular formula is C21H36Br2N2Ni. The summed E-state index contributed by atoms with van der Waals surface area (Å²) in [6, 6.07) is 8.84. The molecule has 0 aliphatic carbocycles. The quantitative estimate of drug-likeness (QED) is 0.148. The zero-order valence-electron chi connectivity index (χ0n) is 17.2. The molecule has 0 bridgehead atoms. The van der Waals surface area contributed by atoms with Crippen LogP contribution in [0.1, 0.15) is 57.6 Å². The van der Waals surface area contributed by atoms with Crippen molar-refractivity contribution in [3.63, 3.8) is 0 Å². The Morgan fingerprint density at radius 3 is 1.81 bits per heavy atom. The summed E-state index contributed by atoms with van der Waals surface area (Å²) in [6.45, 7) is 14.3. The Bertz CT molecular complexity index is 471. The molecule has 0 N–H and O–H groups in total. The molecule has 0 spiro atoms. The van der Waals surface area contributed by atoms with Crippen LogP contribution in [0.15, 0.2) is 47.4 Å². The number of nitrogens with zero attached hydrogens (tertiary/aromatic N) is 2. The molecule has 1 rings (SSSR count). The van der Waals surface area contributed by atoms with Crippen molar-refractivity contribution < 1.29 is 10.9 Å². The van der Waals surface area contributed by atoms with Crippen LogP contribution in [0.25, 0.3) is 0 Å². The van der Waals surface area contributed by atoms with Gasteiger partial charge in [0.1, 0.15) is 0 Å². The van der Waals surface area contributed by atoms with Crippen LogP contribution < -0.4 is 0 Å². The molecule has 2 nitrogen and oxygen atoms in total. The van der Waals surface area contributed by atoms with Gasteiger partial charge in [-0.05, 0) is 44.6 Å². The minimum atomic E-state index is 0.973. The molecule has 1 aromatic rings. The third-order valence-corrected chi connectivity index (χ3v) is 3.46. The minimum absolute atomic E-state index is 0.973. The van der Waals surface area contributed by atoms with Crippen molar-refractivity contribution in [2.75, 3.05) is 14.1 Å². The number of aryl methyl sites for hydroxylation is 2. The first kappa shape index (κ1) is 30.5. The SMILES string of the molecule is C=C.CC.CCC(=NC)C(CCCCc1ccc(C)cc1)=NC.[Br][Ni][Br]. The maximum absolute atomic E-state index is 4.37. The summed E-state index contributed by atoms with van der Waals surface area (Å²) in [5.41, 5.74) is 5.09. The van der Waals surface area contributed by atoms with Crippen molar-refractivity contribution in [2.24, 2.45) is 9.98 Å². The predicted octanol–water partition coefficient (Wildman–Crippen LogP) is 7.78. The Morgan fingerprint density at radius 2 is 1.42 bits per heavy atom. The maximum atomic E-state index is 4.37. The van der Waals surface area contributed by atoms with Crippen molar-refractivity contribution >= 4 is 39.9 Å². The van der Waals surface area contributed by atoms with Gasteiger partial charge in [0.15, 0.2) is 0 Å². The van der Waals surface area contributed by atoms with Crippen LogP contribution in [-0.4, -0.2) is 25.5 Å². The first-order valence-electron chi connectivity index (χ1n) is 8.92. The van der Waals surface area contributed by atoms with Crippen molar-refractivity contribution in [3.8, 4) is 0 Å². The molecule has 5 heteroatoms. The molecule has 154 valence electrons. The number of rotatable bonds is 7. The summed E-state index contributed by atoms with van der Waals surface area (Å²) in [5.74, 6) is 0. The first-order valence-corrected chi connectivity index (χ1v) is 13.8. The first-order chi connectivity index (χ1) is 12.6. The van der Waals surface area contributed by atoms with Crippen LogP contribution >= 0.6 is 28.5 Å². The molecule has 0 fully saturated rings. The summed E-state index contributed by atoms with van der Waals surface area (Å²) >= 11 is 6.00. The average molecular weight is 535 g/mol. The monoisotopic (exact) mass is 532 g/mol. The van der Waals surface area contributed by atoms with E-state index in [1.165, 1.54) is 40.6 Å². The Morgan fingerprint density at radius 1 is 0.962 bits per heavy atom. The normalized spacial score (nSPS) is 10.6. The molecule has 0 atom stereocenters. The second kappa shape index (κ2) is 24.8. The molecule has 0 saturated heterocycles. The molecule has 0 radical (unpaired) electrons. The van der Waals surface area contributed by atoms with Crippen LogP contribution in [0, 0.1) is 6.92 Å². The Balaban J connectivity index is -0.000000663. The van der Waals surface area contributed by atoms with E-state index in [1.54, 1.807) is 0 Å². The van der Waals surface area contributed by atoms with Crippen molar-refractivity contribution in [3.05, 3.63) is 48.6 Å². The molecule has 0 unspecified atom stereocenters. The zero-order valence-corrected chi connectivity index (χ0v) is 21.4. The third kappa shape index (κ3) is 17.2. The average Bonchev–Trinajstić information content (AvgIpc) is 2.69. The van der Waals surface area contributed by atoms with E-state index in [4.69, 9.17) is 0 Å². The van der Waals surface area contributed by atoms with Crippen LogP contribution in [0.4, 0.5) is 0 Å². The molecule has 0 aliphatic rings. The van der Waals surface area contributed by atoms with Gasteiger partial charge >= 0.3 is 39.3 Å². The number of unbranched alkanes of at least 4 members (excludes halogenated alkanes) is 1. The molecule has 0 aliphatic heterocycles. The van der Waals surface area contributed by atoms with Crippen molar-refractivity contribution in [1.29, 1.82) is 0 Å². The molecular weight excluding hydrogens is 499 g/mol. The second-order valence-corrected chi connectivity index (χ2v) is 9.92. The Labute approximate surface area is 182 Å². The van der Waals surface area contributed by atoms with E-state index in [2.05, 4.69) is 89.7 Å². The molecule has 26 heavy (non-hydrogen) atoms. The van der Waals surface area contributed by atoms with Crippen LogP contribution in [0.3, 0.4) is 0 Å². The van der Waals surface area contributed by atoms with Crippen molar-refractivity contribution in [2.45, 2.75) is 59.8 Å². The van der Waals surface area contributed by atoms with E-state index in [0.717, 1.165) is 25.0 Å². The van der Waals surface area contributed by atoms with Gasteiger partial charge < -0.3 is 0 Å². The summed E-state index contributed by atoms with van der Waals surface area (Å²) in [5, 5.41) is 0. The number of hydrogen-bond acceptors (Lipinski definition) is 2. The van der Waals surface area contributed by atoms with Gasteiger partial charge in [0.2, 0.25) is 0 Å². The van der Waals surface area contributed by atoms with Gasteiger partial charge in [0.25, 0.3) is 0 Å². The third-order valence-electron chi connectivity index (χ3n) is 3.46. The van der Waals surface area contributed by atoms with Crippen LogP contribution in [-0.2, 0) is 17.3 Å². The Kier molecular flexibility index (Phi) is 29.0. The van der Waals surface area contributed by atoms with Gasteiger partial charge in [-0.3, -0.25) is 9.98 Å². The fraction of sp³-hybridized carbons (Fsp3) is 0.524. The predicted molar refractivity (Wildman–Crippen MR) is 126 cm³/mol. The summed E-state index contributed by atoms with van der Waals surface area (Å²) in [7, 11) is 4.98. The Hall–Kier alpha value is -0.246. The van der Waals surface area contributed by atoms with E-state index in [-0.39, 0.29) is 0 Å². The standard InChI is InChI=1S/C17H26N2.C2H6.C2H4.2BrH.Ni/c1-5-16(18-3)17(19-4)9-7-6-8-15-12-10-14(2)11-13-15;2*1-2;;;/h10-13H,5-9H2,1-4H3;1-2H3;1-2H2;2*1H;/q;;;;;+2/p-2. The number of aliphatic imine (C=N–C) groups is 2. The molecule has 1 aromatic carbocycles. The fourth-order valence-electron chi connectivity index (χ4n) is 2.25. The van der Waals surface area contributed by atoms with E-state index in [0.29, 0.717) is 0 Å². The van der Waals surface area contributed by atoms with E-state index < -0.39 is 0 Å². The second-order valence-electron chi connectivity index (χ2n) is 4.93. The van der Waals surface area contributed by atoms with Gasteiger partial charge in [0, 0.05) is 14.1 Å². The summed E-state index contributed by atoms with van der Waals surface area (Å²) in [6.07, 6.45) is 5.56. The molecule has 0 saturated carbocycles. The molecule has 0 heterocycles. The van der Waals surface area contributed by atoms with Gasteiger partial charge in [0.05, 0.1) is 11.4 Å². The topological polar surface area (TPSA) is 24.7 Å². The zero-order chi connectivity index (χ0) is 20.8. The number of benzene rings is 1. The molecule has 0 amide bonds. The van der Waals surface area contributed by atoms with Crippen LogP contribution in [0.2, 0.25) is 0 Å².